The van der Waals surface area contributed by atoms with Crippen LogP contribution in [-0.2, 0) is 0 Å². The number of hydrogen-bond donors (Lipinski definition) is 0. The fourth-order valence-electron chi connectivity index (χ4n) is 1.49. The molecule has 0 N–H and O–H groups in total. The number of allylic oxidation sites excluding steroid dienone is 1. The van der Waals surface area contributed by atoms with Gasteiger partial charge in [-0.3, -0.25) is 9.78 Å². The van der Waals surface area contributed by atoms with E-state index in [4.69, 9.17) is 0 Å². The molecule has 0 saturated carbocycles. The van der Waals surface area contributed by atoms with Crippen LogP contribution in [0, 0.1) is 0 Å². The molecule has 0 amide bonds. The van der Waals surface area contributed by atoms with E-state index in [0.717, 1.165) is 11.1 Å². The summed E-state index contributed by atoms with van der Waals surface area (Å²) in [5, 5.41) is 0. The quantitative estimate of drug-likeness (QED) is 0.574. The summed E-state index contributed by atoms with van der Waals surface area (Å²) in [4.78, 5) is 15.3. The second-order valence-electron chi connectivity index (χ2n) is 3.38. The van der Waals surface area contributed by atoms with Gasteiger partial charge in [0.2, 0.25) is 0 Å². The molecule has 2 aromatic rings. The molecule has 1 aromatic heterocycles. The van der Waals surface area contributed by atoms with Gasteiger partial charge in [0.1, 0.15) is 0 Å². The average molecular weight is 209 g/mol. The maximum Gasteiger partial charge on any atom is 0.185 e. The first kappa shape index (κ1) is 10.3. The minimum absolute atomic E-state index is 0.0544. The minimum Gasteiger partial charge on any atom is -0.289 e. The summed E-state index contributed by atoms with van der Waals surface area (Å²) in [6.45, 7) is 3.46. The molecule has 16 heavy (non-hydrogen) atoms. The van der Waals surface area contributed by atoms with E-state index in [9.17, 15) is 4.79 Å². The van der Waals surface area contributed by atoms with Crippen molar-refractivity contribution in [3.8, 4) is 11.1 Å². The first-order chi connectivity index (χ1) is 7.81. The zero-order valence-electron chi connectivity index (χ0n) is 8.76. The number of ketones is 1. The van der Waals surface area contributed by atoms with Gasteiger partial charge in [-0.2, -0.15) is 0 Å². The van der Waals surface area contributed by atoms with Crippen LogP contribution in [0.3, 0.4) is 0 Å². The Morgan fingerprint density at radius 1 is 1.00 bits per heavy atom. The van der Waals surface area contributed by atoms with Crippen molar-refractivity contribution in [3.05, 3.63) is 67.0 Å². The molecule has 0 atom stereocenters. The number of benzene rings is 1. The monoisotopic (exact) mass is 209 g/mol. The molecular weight excluding hydrogens is 198 g/mol. The molecule has 0 bridgehead atoms. The lowest BCUT2D eigenvalue weighted by Gasteiger charge is -2.01. The van der Waals surface area contributed by atoms with E-state index in [-0.39, 0.29) is 5.78 Å². The maximum atomic E-state index is 11.3. The molecule has 0 aliphatic rings. The van der Waals surface area contributed by atoms with Gasteiger partial charge in [-0.15, -0.1) is 0 Å². The third-order valence-electron chi connectivity index (χ3n) is 2.37. The minimum atomic E-state index is -0.0544. The Bertz CT molecular complexity index is 500. The molecular formula is C14H11NO. The Hall–Kier alpha value is -2.22. The van der Waals surface area contributed by atoms with Crippen LogP contribution in [0.25, 0.3) is 11.1 Å². The summed E-state index contributed by atoms with van der Waals surface area (Å²) in [5.41, 5.74) is 2.82. The molecule has 0 aliphatic heterocycles. The van der Waals surface area contributed by atoms with E-state index in [2.05, 4.69) is 11.6 Å². The van der Waals surface area contributed by atoms with Crippen molar-refractivity contribution in [1.29, 1.82) is 0 Å². The summed E-state index contributed by atoms with van der Waals surface area (Å²) in [6, 6.07) is 11.3. The Labute approximate surface area is 94.3 Å². The highest BCUT2D eigenvalue weighted by Gasteiger charge is 2.01. The van der Waals surface area contributed by atoms with E-state index in [1.807, 2.05) is 24.3 Å². The highest BCUT2D eigenvalue weighted by atomic mass is 16.1. The Kier molecular flexibility index (Phi) is 2.92. The number of carbonyl (C=O) groups excluding carboxylic acids is 1. The van der Waals surface area contributed by atoms with Gasteiger partial charge in [0.15, 0.2) is 5.78 Å². The van der Waals surface area contributed by atoms with Crippen molar-refractivity contribution in [3.63, 3.8) is 0 Å². The van der Waals surface area contributed by atoms with E-state index in [1.165, 1.54) is 6.08 Å². The normalized spacial score (nSPS) is 9.75. The zero-order valence-corrected chi connectivity index (χ0v) is 8.76. The lowest BCUT2D eigenvalue weighted by atomic mass is 10.0. The molecule has 78 valence electrons. The number of aromatic nitrogens is 1. The fraction of sp³-hybridized carbons (Fsp3) is 0. The number of carbonyl (C=O) groups is 1. The molecule has 2 rings (SSSR count). The second-order valence-corrected chi connectivity index (χ2v) is 3.38. The van der Waals surface area contributed by atoms with Crippen LogP contribution >= 0.6 is 0 Å². The molecule has 0 saturated heterocycles. The van der Waals surface area contributed by atoms with Gasteiger partial charge in [0.05, 0.1) is 0 Å². The van der Waals surface area contributed by atoms with Gasteiger partial charge in [0.25, 0.3) is 0 Å². The van der Waals surface area contributed by atoms with Gasteiger partial charge < -0.3 is 0 Å². The van der Waals surface area contributed by atoms with Crippen LogP contribution in [0.5, 0.6) is 0 Å². The summed E-state index contributed by atoms with van der Waals surface area (Å²) in [6.07, 6.45) is 4.82. The number of hydrogen-bond acceptors (Lipinski definition) is 2. The van der Waals surface area contributed by atoms with Crippen LogP contribution in [0.15, 0.2) is 61.4 Å². The maximum absolute atomic E-state index is 11.3. The Morgan fingerprint density at radius 2 is 1.56 bits per heavy atom. The standard InChI is InChI=1S/C14H11NO/c1-2-14(16)13-5-3-11(4-6-13)12-7-9-15-10-8-12/h2-10H,1H2. The molecule has 2 heteroatoms. The van der Waals surface area contributed by atoms with Gasteiger partial charge in [-0.1, -0.05) is 30.8 Å². The summed E-state index contributed by atoms with van der Waals surface area (Å²) in [5.74, 6) is -0.0544. The Morgan fingerprint density at radius 3 is 2.12 bits per heavy atom. The topological polar surface area (TPSA) is 30.0 Å². The summed E-state index contributed by atoms with van der Waals surface area (Å²) >= 11 is 0. The van der Waals surface area contributed by atoms with Crippen molar-refractivity contribution in [1.82, 2.24) is 4.98 Å². The van der Waals surface area contributed by atoms with E-state index >= 15 is 0 Å². The molecule has 0 aliphatic carbocycles. The smallest absolute Gasteiger partial charge is 0.185 e. The molecule has 2 nitrogen and oxygen atoms in total. The number of rotatable bonds is 3. The lowest BCUT2D eigenvalue weighted by molar-refractivity contribution is 0.104. The molecule has 1 aromatic carbocycles. The first-order valence-corrected chi connectivity index (χ1v) is 4.98. The SMILES string of the molecule is C=CC(=O)c1ccc(-c2ccncc2)cc1. The number of pyridine rings is 1. The zero-order chi connectivity index (χ0) is 11.4. The second kappa shape index (κ2) is 4.53. The van der Waals surface area contributed by atoms with Crippen molar-refractivity contribution in [2.75, 3.05) is 0 Å². The van der Waals surface area contributed by atoms with Crippen molar-refractivity contribution in [2.24, 2.45) is 0 Å². The van der Waals surface area contributed by atoms with Crippen molar-refractivity contribution < 1.29 is 4.79 Å². The summed E-state index contributed by atoms with van der Waals surface area (Å²) in [7, 11) is 0. The van der Waals surface area contributed by atoms with Crippen LogP contribution in [-0.4, -0.2) is 10.8 Å². The fourth-order valence-corrected chi connectivity index (χ4v) is 1.49. The van der Waals surface area contributed by atoms with Crippen molar-refractivity contribution in [2.45, 2.75) is 0 Å². The van der Waals surface area contributed by atoms with Crippen LogP contribution < -0.4 is 0 Å². The first-order valence-electron chi connectivity index (χ1n) is 4.98. The third-order valence-corrected chi connectivity index (χ3v) is 2.37. The van der Waals surface area contributed by atoms with Crippen LogP contribution in [0.2, 0.25) is 0 Å². The van der Waals surface area contributed by atoms with Gasteiger partial charge in [-0.25, -0.2) is 0 Å². The van der Waals surface area contributed by atoms with Crippen molar-refractivity contribution >= 4 is 5.78 Å². The third kappa shape index (κ3) is 2.06. The Balaban J connectivity index is 2.33. The van der Waals surface area contributed by atoms with Crippen LogP contribution in [0.4, 0.5) is 0 Å². The average Bonchev–Trinajstić information content (AvgIpc) is 2.39. The predicted molar refractivity (Wildman–Crippen MR) is 64.2 cm³/mol. The van der Waals surface area contributed by atoms with Gasteiger partial charge in [0, 0.05) is 18.0 Å². The number of nitrogens with zero attached hydrogens (tertiary/aromatic N) is 1. The molecule has 0 radical (unpaired) electrons. The van der Waals surface area contributed by atoms with Gasteiger partial charge in [-0.05, 0) is 29.3 Å². The highest BCUT2D eigenvalue weighted by molar-refractivity contribution is 6.04. The lowest BCUT2D eigenvalue weighted by Crippen LogP contribution is -1.92. The molecule has 0 unspecified atom stereocenters. The molecule has 0 fully saturated rings. The van der Waals surface area contributed by atoms with E-state index in [1.54, 1.807) is 24.5 Å². The molecule has 0 spiro atoms. The summed E-state index contributed by atoms with van der Waals surface area (Å²) < 4.78 is 0. The van der Waals surface area contributed by atoms with E-state index < -0.39 is 0 Å². The highest BCUT2D eigenvalue weighted by Crippen LogP contribution is 2.18. The van der Waals surface area contributed by atoms with Crippen LogP contribution in [0.1, 0.15) is 10.4 Å². The predicted octanol–water partition coefficient (Wildman–Crippen LogP) is 3.12. The van der Waals surface area contributed by atoms with E-state index in [0.29, 0.717) is 5.56 Å². The van der Waals surface area contributed by atoms with Gasteiger partial charge >= 0.3 is 0 Å². The molecule has 1 heterocycles. The largest absolute Gasteiger partial charge is 0.289 e.